The summed E-state index contributed by atoms with van der Waals surface area (Å²) in [5.74, 6) is 0.389. The second-order valence-electron chi connectivity index (χ2n) is 9.55. The van der Waals surface area contributed by atoms with E-state index in [-0.39, 0.29) is 72.4 Å². The second-order valence-corrected chi connectivity index (χ2v) is 9.55. The number of rotatable bonds is 4. The lowest BCUT2D eigenvalue weighted by Gasteiger charge is -2.12. The van der Waals surface area contributed by atoms with E-state index in [0.29, 0.717) is 11.1 Å². The molecule has 2 heterocycles. The van der Waals surface area contributed by atoms with Crippen LogP contribution in [0.2, 0.25) is 0 Å². The molecule has 42 heavy (non-hydrogen) atoms. The number of nitrogens with zero attached hydrogens (tertiary/aromatic N) is 3. The fraction of sp³-hybridized carbons (Fsp3) is 0.0263. The van der Waals surface area contributed by atoms with Crippen molar-refractivity contribution in [2.24, 2.45) is 0 Å². The minimum Gasteiger partial charge on any atom is -0.456 e. The third-order valence-corrected chi connectivity index (χ3v) is 6.93. The molecule has 0 atom stereocenters. The molecule has 0 N–H and O–H groups in total. The highest BCUT2D eigenvalue weighted by Crippen LogP contribution is 2.43. The van der Waals surface area contributed by atoms with Gasteiger partial charge in [-0.2, -0.15) is 0 Å². The Hall–Kier alpha value is -5.61. The molecule has 0 unspecified atom stereocenters. The zero-order valence-corrected chi connectivity index (χ0v) is 22.0. The Labute approximate surface area is 259 Å². The van der Waals surface area contributed by atoms with Crippen LogP contribution in [-0.4, -0.2) is 15.0 Å². The normalized spacial score (nSPS) is 15.5. The first kappa shape index (κ1) is 14.9. The molecule has 0 fully saturated rings. The summed E-state index contributed by atoms with van der Waals surface area (Å²) in [7, 11) is 0. The van der Waals surface area contributed by atoms with E-state index >= 15 is 0 Å². The SMILES string of the molecule is [2H]c1c([2H])c([2H])c(-c2c3c([2H])c([2H])c([2H])c([2H])c3c([2H])c3oc4c([2H])c(-c5nc(-c6ccccc6)nc(-c6ccccc6)n5)c([2H])c([2H])c4c23)c(C)c1[2H]. The summed E-state index contributed by atoms with van der Waals surface area (Å²) in [5, 5.41) is -0.775. The molecule has 0 aliphatic rings. The Morgan fingerprint density at radius 1 is 0.571 bits per heavy atom. The van der Waals surface area contributed by atoms with E-state index in [1.54, 1.807) is 24.3 Å². The molecular formula is C38H25N3O. The molecule has 6 aromatic carbocycles. The van der Waals surface area contributed by atoms with Gasteiger partial charge in [0, 0.05) is 33.0 Å². The molecular weight excluding hydrogens is 514 g/mol. The quantitative estimate of drug-likeness (QED) is 0.218. The Morgan fingerprint density at radius 3 is 1.90 bits per heavy atom. The van der Waals surface area contributed by atoms with Crippen molar-refractivity contribution in [3.8, 4) is 45.3 Å². The van der Waals surface area contributed by atoms with Crippen molar-refractivity contribution >= 4 is 32.7 Å². The summed E-state index contributed by atoms with van der Waals surface area (Å²) >= 11 is 0. The van der Waals surface area contributed by atoms with Crippen molar-refractivity contribution in [3.63, 3.8) is 0 Å². The third-order valence-electron chi connectivity index (χ3n) is 6.93. The van der Waals surface area contributed by atoms with Crippen LogP contribution in [0.4, 0.5) is 0 Å². The third kappa shape index (κ3) is 4.04. The van der Waals surface area contributed by atoms with E-state index in [2.05, 4.69) is 15.0 Å². The van der Waals surface area contributed by atoms with Crippen molar-refractivity contribution in [2.75, 3.05) is 0 Å². The molecule has 2 aromatic heterocycles. The van der Waals surface area contributed by atoms with Gasteiger partial charge >= 0.3 is 0 Å². The van der Waals surface area contributed by atoms with Crippen LogP contribution in [0, 0.1) is 6.92 Å². The molecule has 0 saturated carbocycles. The fourth-order valence-corrected chi connectivity index (χ4v) is 4.97. The first-order valence-corrected chi connectivity index (χ1v) is 13.1. The monoisotopic (exact) mass is 551 g/mol. The van der Waals surface area contributed by atoms with Crippen LogP contribution in [0.25, 0.3) is 78.0 Å². The molecule has 0 saturated heterocycles. The fourth-order valence-electron chi connectivity index (χ4n) is 4.97. The smallest absolute Gasteiger partial charge is 0.164 e. The van der Waals surface area contributed by atoms with Crippen molar-refractivity contribution < 1.29 is 20.9 Å². The first-order valence-electron chi connectivity index (χ1n) is 19.1. The van der Waals surface area contributed by atoms with Crippen LogP contribution in [0.15, 0.2) is 138 Å². The number of benzene rings is 6. The highest BCUT2D eigenvalue weighted by atomic mass is 16.3. The maximum absolute atomic E-state index is 9.44. The van der Waals surface area contributed by atoms with Gasteiger partial charge in [0.15, 0.2) is 17.5 Å². The topological polar surface area (TPSA) is 51.8 Å². The molecule has 4 nitrogen and oxygen atoms in total. The molecule has 8 aromatic rings. The van der Waals surface area contributed by atoms with Gasteiger partial charge in [-0.25, -0.2) is 15.0 Å². The first-order chi connectivity index (χ1) is 25.7. The van der Waals surface area contributed by atoms with Crippen LogP contribution in [0.3, 0.4) is 0 Å². The number of hydrogen-bond acceptors (Lipinski definition) is 4. The van der Waals surface area contributed by atoms with E-state index < -0.39 is 72.5 Å². The second kappa shape index (κ2) is 9.79. The van der Waals surface area contributed by atoms with E-state index in [0.717, 1.165) is 0 Å². The van der Waals surface area contributed by atoms with Crippen LogP contribution in [-0.2, 0) is 0 Å². The van der Waals surface area contributed by atoms with Gasteiger partial charge < -0.3 is 4.42 Å². The molecule has 0 aliphatic carbocycles. The highest BCUT2D eigenvalue weighted by Gasteiger charge is 2.19. The van der Waals surface area contributed by atoms with Gasteiger partial charge in [0.25, 0.3) is 0 Å². The Morgan fingerprint density at radius 2 is 1.19 bits per heavy atom. The summed E-state index contributed by atoms with van der Waals surface area (Å²) in [5.41, 5.74) is 0.275. The minimum absolute atomic E-state index is 0.0375. The average Bonchev–Trinajstić information content (AvgIpc) is 3.60. The van der Waals surface area contributed by atoms with Crippen molar-refractivity contribution in [3.05, 3.63) is 139 Å². The number of fused-ring (bicyclic) bond motifs is 4. The summed E-state index contributed by atoms with van der Waals surface area (Å²) in [6.45, 7) is 1.44. The van der Waals surface area contributed by atoms with Gasteiger partial charge in [-0.05, 0) is 47.0 Å². The predicted molar refractivity (Wildman–Crippen MR) is 171 cm³/mol. The lowest BCUT2D eigenvalue weighted by Crippen LogP contribution is -2.00. The molecule has 0 amide bonds. The summed E-state index contributed by atoms with van der Waals surface area (Å²) in [6.07, 6.45) is 0. The zero-order chi connectivity index (χ0) is 38.5. The van der Waals surface area contributed by atoms with Gasteiger partial charge in [0.1, 0.15) is 11.2 Å². The zero-order valence-electron chi connectivity index (χ0n) is 34.0. The lowest BCUT2D eigenvalue weighted by molar-refractivity contribution is 0.669. The molecule has 0 radical (unpaired) electrons. The maximum Gasteiger partial charge on any atom is 0.164 e. The van der Waals surface area contributed by atoms with Crippen molar-refractivity contribution in [1.29, 1.82) is 0 Å². The summed E-state index contributed by atoms with van der Waals surface area (Å²) in [4.78, 5) is 14.0. The lowest BCUT2D eigenvalue weighted by atomic mass is 9.91. The van der Waals surface area contributed by atoms with Gasteiger partial charge in [0.05, 0.1) is 16.4 Å². The standard InChI is InChI=1S/C38H25N3O/c1-24-12-8-10-18-29(24)34-30-19-11-9-17-27(30)22-33-35(34)31-21-20-28(23-32(31)42-33)38-40-36(25-13-4-2-5-14-25)39-37(41-38)26-15-6-3-7-16-26/h2-23H,1H3/i8D,9D,10D,11D,12D,17D,18D,19D,20D,21D,22D,23D. The van der Waals surface area contributed by atoms with Crippen LogP contribution in [0.1, 0.15) is 22.0 Å². The number of aromatic nitrogens is 3. The van der Waals surface area contributed by atoms with Crippen molar-refractivity contribution in [1.82, 2.24) is 15.0 Å². The summed E-state index contributed by atoms with van der Waals surface area (Å²) < 4.78 is 113. The Bertz CT molecular complexity index is 2830. The minimum atomic E-state index is -0.646. The van der Waals surface area contributed by atoms with E-state index in [9.17, 15) is 5.48 Å². The van der Waals surface area contributed by atoms with Gasteiger partial charge in [-0.1, -0.05) is 115 Å². The summed E-state index contributed by atoms with van der Waals surface area (Å²) in [6, 6.07) is 11.7. The molecule has 0 aliphatic heterocycles. The van der Waals surface area contributed by atoms with Gasteiger partial charge in [-0.15, -0.1) is 0 Å². The van der Waals surface area contributed by atoms with Crippen LogP contribution in [0.5, 0.6) is 0 Å². The van der Waals surface area contributed by atoms with Crippen LogP contribution < -0.4 is 0 Å². The molecule has 0 bridgehead atoms. The van der Waals surface area contributed by atoms with E-state index in [1.807, 2.05) is 36.4 Å². The predicted octanol–water partition coefficient (Wildman–Crippen LogP) is 9.90. The number of hydrogen-bond donors (Lipinski definition) is 0. The highest BCUT2D eigenvalue weighted by molar-refractivity contribution is 6.21. The molecule has 0 spiro atoms. The van der Waals surface area contributed by atoms with Crippen LogP contribution >= 0.6 is 0 Å². The average molecular weight is 552 g/mol. The van der Waals surface area contributed by atoms with Gasteiger partial charge in [0.2, 0.25) is 0 Å². The largest absolute Gasteiger partial charge is 0.456 e. The maximum atomic E-state index is 9.44. The molecule has 4 heteroatoms. The number of furan rings is 1. The molecule has 8 rings (SSSR count). The Balaban J connectivity index is 1.56. The Kier molecular flexibility index (Phi) is 3.46. The van der Waals surface area contributed by atoms with E-state index in [4.69, 9.17) is 15.4 Å². The molecule has 198 valence electrons. The van der Waals surface area contributed by atoms with Gasteiger partial charge in [-0.3, -0.25) is 0 Å². The van der Waals surface area contributed by atoms with E-state index in [1.165, 1.54) is 6.92 Å². The van der Waals surface area contributed by atoms with Crippen molar-refractivity contribution in [2.45, 2.75) is 6.92 Å².